The van der Waals surface area contributed by atoms with Gasteiger partial charge in [-0.2, -0.15) is 0 Å². The van der Waals surface area contributed by atoms with Gasteiger partial charge in [-0.05, 0) is 34.9 Å². The minimum Gasteiger partial charge on any atom is -0.408 e. The third-order valence-electron chi connectivity index (χ3n) is 4.44. The van der Waals surface area contributed by atoms with Gasteiger partial charge in [-0.1, -0.05) is 66.7 Å². The van der Waals surface area contributed by atoms with E-state index >= 15 is 0 Å². The summed E-state index contributed by atoms with van der Waals surface area (Å²) in [6, 6.07) is 23.4. The summed E-state index contributed by atoms with van der Waals surface area (Å²) in [6.45, 7) is 0.396. The lowest BCUT2D eigenvalue weighted by Crippen LogP contribution is -2.12. The summed E-state index contributed by atoms with van der Waals surface area (Å²) in [5, 5.41) is 0. The molecule has 0 aliphatic rings. The zero-order valence-electron chi connectivity index (χ0n) is 14.5. The largest absolute Gasteiger partial charge is 0.420 e. The van der Waals surface area contributed by atoms with E-state index in [0.29, 0.717) is 23.2 Å². The number of nitrogens with zero attached hydrogens (tertiary/aromatic N) is 1. The van der Waals surface area contributed by atoms with E-state index < -0.39 is 5.76 Å². The van der Waals surface area contributed by atoms with Crippen molar-refractivity contribution < 1.29 is 9.21 Å². The first-order valence-corrected chi connectivity index (χ1v) is 8.65. The van der Waals surface area contributed by atoms with Crippen LogP contribution in [0.25, 0.3) is 28.3 Å². The maximum Gasteiger partial charge on any atom is 0.420 e. The molecule has 0 bridgehead atoms. The van der Waals surface area contributed by atoms with Gasteiger partial charge in [-0.3, -0.25) is 9.36 Å². The Labute approximate surface area is 156 Å². The zero-order chi connectivity index (χ0) is 18.6. The van der Waals surface area contributed by atoms with E-state index in [-0.39, 0.29) is 0 Å². The molecule has 0 aliphatic carbocycles. The van der Waals surface area contributed by atoms with Gasteiger partial charge in [-0.15, -0.1) is 0 Å². The van der Waals surface area contributed by atoms with Crippen LogP contribution in [0.15, 0.2) is 88.1 Å². The molecule has 1 aromatic heterocycles. The predicted molar refractivity (Wildman–Crippen MR) is 107 cm³/mol. The minimum atomic E-state index is -0.433. The third kappa shape index (κ3) is 3.51. The molecule has 0 saturated heterocycles. The van der Waals surface area contributed by atoms with Gasteiger partial charge < -0.3 is 4.42 Å². The van der Waals surface area contributed by atoms with Crippen molar-refractivity contribution in [1.82, 2.24) is 4.57 Å². The second kappa shape index (κ2) is 7.30. The van der Waals surface area contributed by atoms with Gasteiger partial charge in [0.05, 0.1) is 5.52 Å². The predicted octanol–water partition coefficient (Wildman–Crippen LogP) is 4.79. The maximum absolute atomic E-state index is 12.1. The van der Waals surface area contributed by atoms with Gasteiger partial charge in [0.25, 0.3) is 0 Å². The number of aromatic nitrogens is 1. The molecule has 0 radical (unpaired) electrons. The van der Waals surface area contributed by atoms with Crippen molar-refractivity contribution in [2.75, 3.05) is 0 Å². The fraction of sp³-hybridized carbons (Fsp3) is 0.0435. The first-order chi connectivity index (χ1) is 13.2. The van der Waals surface area contributed by atoms with Crippen molar-refractivity contribution in [2.45, 2.75) is 6.54 Å². The number of hydrogen-bond donors (Lipinski definition) is 0. The highest BCUT2D eigenvalue weighted by atomic mass is 16.4. The van der Waals surface area contributed by atoms with E-state index in [1.807, 2.05) is 42.5 Å². The Morgan fingerprint density at radius 3 is 2.30 bits per heavy atom. The molecule has 0 atom stereocenters. The van der Waals surface area contributed by atoms with Crippen LogP contribution in [0.5, 0.6) is 0 Å². The van der Waals surface area contributed by atoms with Crippen LogP contribution < -0.4 is 5.76 Å². The van der Waals surface area contributed by atoms with Gasteiger partial charge in [-0.25, -0.2) is 4.79 Å². The highest BCUT2D eigenvalue weighted by molar-refractivity contribution is 5.83. The van der Waals surface area contributed by atoms with Crippen LogP contribution in [0.2, 0.25) is 0 Å². The summed E-state index contributed by atoms with van der Waals surface area (Å²) < 4.78 is 6.76. The molecule has 132 valence electrons. The Balaban J connectivity index is 1.53. The molecule has 3 aromatic carbocycles. The molecule has 0 spiro atoms. The van der Waals surface area contributed by atoms with E-state index in [4.69, 9.17) is 4.42 Å². The number of allylic oxidation sites excluding steroid dienone is 1. The van der Waals surface area contributed by atoms with E-state index in [2.05, 4.69) is 24.3 Å². The van der Waals surface area contributed by atoms with Gasteiger partial charge in [0.15, 0.2) is 5.58 Å². The number of hydrogen-bond acceptors (Lipinski definition) is 3. The van der Waals surface area contributed by atoms with Crippen LogP contribution in [0.1, 0.15) is 15.9 Å². The summed E-state index contributed by atoms with van der Waals surface area (Å²) in [4.78, 5) is 22.9. The number of oxazole rings is 1. The van der Waals surface area contributed by atoms with E-state index in [0.717, 1.165) is 17.4 Å². The van der Waals surface area contributed by atoms with E-state index in [1.165, 1.54) is 5.56 Å². The number of aldehydes is 1. The summed E-state index contributed by atoms with van der Waals surface area (Å²) in [5.41, 5.74) is 4.98. The first-order valence-electron chi connectivity index (χ1n) is 8.65. The van der Waals surface area contributed by atoms with Crippen LogP contribution in [0, 0.1) is 0 Å². The Morgan fingerprint density at radius 1 is 0.852 bits per heavy atom. The molecular formula is C23H17NO3. The maximum atomic E-state index is 12.1. The van der Waals surface area contributed by atoms with Crippen LogP contribution in [-0.2, 0) is 6.54 Å². The normalized spacial score (nSPS) is 11.3. The SMILES string of the molecule is O=Cc1ccc2c(c1)oc(=O)n2C/C=C/c1ccc(-c2ccccc2)cc1. The lowest BCUT2D eigenvalue weighted by Gasteiger charge is -2.02. The fourth-order valence-corrected chi connectivity index (χ4v) is 3.04. The topological polar surface area (TPSA) is 52.2 Å². The summed E-state index contributed by atoms with van der Waals surface area (Å²) >= 11 is 0. The van der Waals surface area contributed by atoms with Crippen molar-refractivity contribution in [3.8, 4) is 11.1 Å². The molecule has 4 nitrogen and oxygen atoms in total. The summed E-state index contributed by atoms with van der Waals surface area (Å²) in [5.74, 6) is -0.433. The molecule has 1 heterocycles. The molecule has 27 heavy (non-hydrogen) atoms. The molecule has 0 aliphatic heterocycles. The van der Waals surface area contributed by atoms with Gasteiger partial charge >= 0.3 is 5.76 Å². The Bertz CT molecular complexity index is 1170. The van der Waals surface area contributed by atoms with Crippen molar-refractivity contribution in [2.24, 2.45) is 0 Å². The Morgan fingerprint density at radius 2 is 1.56 bits per heavy atom. The average molecular weight is 355 g/mol. The molecule has 0 unspecified atom stereocenters. The lowest BCUT2D eigenvalue weighted by molar-refractivity contribution is 0.112. The molecular weight excluding hydrogens is 338 g/mol. The van der Waals surface area contributed by atoms with Crippen LogP contribution in [0.3, 0.4) is 0 Å². The second-order valence-electron chi connectivity index (χ2n) is 6.21. The summed E-state index contributed by atoms with van der Waals surface area (Å²) in [7, 11) is 0. The number of rotatable bonds is 5. The standard InChI is InChI=1S/C23H17NO3/c25-16-18-10-13-21-22(15-18)27-23(26)24(21)14-4-5-17-8-11-20(12-9-17)19-6-2-1-3-7-19/h1-13,15-16H,14H2/b5-4+. The van der Waals surface area contributed by atoms with E-state index in [9.17, 15) is 9.59 Å². The molecule has 4 rings (SSSR count). The van der Waals surface area contributed by atoms with Gasteiger partial charge in [0.1, 0.15) is 6.29 Å². The van der Waals surface area contributed by atoms with Gasteiger partial charge in [0.2, 0.25) is 0 Å². The minimum absolute atomic E-state index is 0.396. The number of carbonyl (C=O) groups excluding carboxylic acids is 1. The number of fused-ring (bicyclic) bond motifs is 1. The number of carbonyl (C=O) groups is 1. The monoisotopic (exact) mass is 355 g/mol. The molecule has 0 saturated carbocycles. The lowest BCUT2D eigenvalue weighted by atomic mass is 10.0. The molecule has 0 amide bonds. The van der Waals surface area contributed by atoms with Crippen molar-refractivity contribution in [3.63, 3.8) is 0 Å². The molecule has 0 N–H and O–H groups in total. The van der Waals surface area contributed by atoms with Crippen molar-refractivity contribution in [1.29, 1.82) is 0 Å². The first kappa shape index (κ1) is 16.8. The molecule has 0 fully saturated rings. The van der Waals surface area contributed by atoms with Crippen molar-refractivity contribution in [3.05, 3.63) is 101 Å². The average Bonchev–Trinajstić information content (AvgIpc) is 3.03. The zero-order valence-corrected chi connectivity index (χ0v) is 14.5. The van der Waals surface area contributed by atoms with Crippen molar-refractivity contribution >= 4 is 23.5 Å². The fourth-order valence-electron chi connectivity index (χ4n) is 3.04. The second-order valence-corrected chi connectivity index (χ2v) is 6.21. The third-order valence-corrected chi connectivity index (χ3v) is 4.44. The molecule has 4 aromatic rings. The van der Waals surface area contributed by atoms with Gasteiger partial charge in [0, 0.05) is 12.1 Å². The Kier molecular flexibility index (Phi) is 4.54. The molecule has 4 heteroatoms. The highest BCUT2D eigenvalue weighted by Gasteiger charge is 2.08. The van der Waals surface area contributed by atoms with Crippen LogP contribution in [-0.4, -0.2) is 10.9 Å². The number of benzene rings is 3. The quantitative estimate of drug-likeness (QED) is 0.484. The Hall–Kier alpha value is -3.66. The van der Waals surface area contributed by atoms with Crippen LogP contribution in [0.4, 0.5) is 0 Å². The smallest absolute Gasteiger partial charge is 0.408 e. The van der Waals surface area contributed by atoms with E-state index in [1.54, 1.807) is 22.8 Å². The van der Waals surface area contributed by atoms with Crippen LogP contribution >= 0.6 is 0 Å². The summed E-state index contributed by atoms with van der Waals surface area (Å²) in [6.07, 6.45) is 4.62. The highest BCUT2D eigenvalue weighted by Crippen LogP contribution is 2.20.